The summed E-state index contributed by atoms with van der Waals surface area (Å²) in [5, 5.41) is 13.1. The van der Waals surface area contributed by atoms with E-state index >= 15 is 0 Å². The molecule has 0 saturated carbocycles. The average molecular weight is 425 g/mol. The Morgan fingerprint density at radius 3 is 3.03 bits per heavy atom. The number of ether oxygens (including phenoxy) is 2. The molecule has 0 fully saturated rings. The number of halogens is 1. The first-order valence-electron chi connectivity index (χ1n) is 9.43. The van der Waals surface area contributed by atoms with Gasteiger partial charge in [0, 0.05) is 18.0 Å². The van der Waals surface area contributed by atoms with Gasteiger partial charge >= 0.3 is 0 Å². The highest BCUT2D eigenvalue weighted by Gasteiger charge is 2.28. The van der Waals surface area contributed by atoms with Gasteiger partial charge in [-0.2, -0.15) is 4.98 Å². The molecule has 0 bridgehead atoms. The van der Waals surface area contributed by atoms with Gasteiger partial charge in [-0.1, -0.05) is 28.0 Å². The fourth-order valence-electron chi connectivity index (χ4n) is 3.30. The maximum absolute atomic E-state index is 6.32. The largest absolute Gasteiger partial charge is 0.492 e. The summed E-state index contributed by atoms with van der Waals surface area (Å²) in [5.74, 6) is 1.39. The zero-order valence-electron chi connectivity index (χ0n) is 16.0. The van der Waals surface area contributed by atoms with Crippen molar-refractivity contribution in [3.63, 3.8) is 0 Å². The van der Waals surface area contributed by atoms with Crippen LogP contribution in [0.4, 0.5) is 0 Å². The van der Waals surface area contributed by atoms with Crippen molar-refractivity contribution in [1.82, 2.24) is 30.1 Å². The molecule has 0 radical (unpaired) electrons. The molecule has 10 heteroatoms. The Morgan fingerprint density at radius 1 is 1.30 bits per heavy atom. The summed E-state index contributed by atoms with van der Waals surface area (Å²) in [6.45, 7) is 3.28. The Hall–Kier alpha value is -3.30. The molecule has 0 N–H and O–H groups in total. The molecule has 4 aromatic rings. The number of benzene rings is 1. The number of pyridine rings is 1. The highest BCUT2D eigenvalue weighted by atomic mass is 35.5. The van der Waals surface area contributed by atoms with Gasteiger partial charge in [0.15, 0.2) is 5.69 Å². The molecule has 3 aromatic heterocycles. The quantitative estimate of drug-likeness (QED) is 0.477. The van der Waals surface area contributed by atoms with Crippen LogP contribution in [0.5, 0.6) is 5.75 Å². The first-order chi connectivity index (χ1) is 14.7. The van der Waals surface area contributed by atoms with Crippen LogP contribution in [0.3, 0.4) is 0 Å². The van der Waals surface area contributed by atoms with Crippen molar-refractivity contribution >= 4 is 11.6 Å². The summed E-state index contributed by atoms with van der Waals surface area (Å²) in [7, 11) is 0. The lowest BCUT2D eigenvalue weighted by Gasteiger charge is -2.24. The smallest absolute Gasteiger partial charge is 0.280 e. The standard InChI is InChI=1S/C20H17ClN6O3/c1-2-28-16-6-5-12(8-14(16)21)17-10-27-15(11-29-17)18(24-26-27)20-23-19(25-30-20)13-4-3-7-22-9-13/h3-9,17H,2,10-11H2,1H3/t17-/m0/s1. The molecule has 1 aliphatic heterocycles. The predicted octanol–water partition coefficient (Wildman–Crippen LogP) is 3.71. The van der Waals surface area contributed by atoms with E-state index < -0.39 is 0 Å². The lowest BCUT2D eigenvalue weighted by Crippen LogP contribution is -2.22. The Morgan fingerprint density at radius 2 is 2.23 bits per heavy atom. The molecular weight excluding hydrogens is 408 g/mol. The van der Waals surface area contributed by atoms with E-state index in [1.54, 1.807) is 17.1 Å². The number of fused-ring (bicyclic) bond motifs is 1. The molecule has 0 saturated heterocycles. The van der Waals surface area contributed by atoms with E-state index in [-0.39, 0.29) is 6.10 Å². The summed E-state index contributed by atoms with van der Waals surface area (Å²) in [5.41, 5.74) is 3.01. The fraction of sp³-hybridized carbons (Fsp3) is 0.250. The zero-order chi connectivity index (χ0) is 20.5. The molecule has 152 valence electrons. The second kappa shape index (κ2) is 7.85. The number of aromatic nitrogens is 6. The van der Waals surface area contributed by atoms with Crippen molar-refractivity contribution in [2.24, 2.45) is 0 Å². The van der Waals surface area contributed by atoms with Crippen LogP contribution in [-0.4, -0.2) is 36.7 Å². The number of rotatable bonds is 5. The van der Waals surface area contributed by atoms with Crippen LogP contribution in [0, 0.1) is 0 Å². The summed E-state index contributed by atoms with van der Waals surface area (Å²) >= 11 is 6.32. The van der Waals surface area contributed by atoms with Crippen molar-refractivity contribution in [2.45, 2.75) is 26.2 Å². The van der Waals surface area contributed by atoms with Crippen LogP contribution in [0.15, 0.2) is 47.2 Å². The number of nitrogens with zero attached hydrogens (tertiary/aromatic N) is 6. The van der Waals surface area contributed by atoms with Gasteiger partial charge in [0.05, 0.1) is 30.5 Å². The minimum absolute atomic E-state index is 0.200. The van der Waals surface area contributed by atoms with E-state index in [0.29, 0.717) is 47.9 Å². The maximum atomic E-state index is 6.32. The first kappa shape index (κ1) is 18.7. The molecular formula is C20H17ClN6O3. The fourth-order valence-corrected chi connectivity index (χ4v) is 3.54. The average Bonchev–Trinajstić information content (AvgIpc) is 3.42. The van der Waals surface area contributed by atoms with Crippen molar-refractivity contribution < 1.29 is 14.0 Å². The van der Waals surface area contributed by atoms with E-state index in [1.165, 1.54) is 0 Å². The molecule has 0 unspecified atom stereocenters. The van der Waals surface area contributed by atoms with Crippen LogP contribution in [0.2, 0.25) is 5.02 Å². The van der Waals surface area contributed by atoms with Gasteiger partial charge in [-0.3, -0.25) is 4.98 Å². The number of hydrogen-bond acceptors (Lipinski definition) is 8. The van der Waals surface area contributed by atoms with Crippen LogP contribution < -0.4 is 4.74 Å². The number of hydrogen-bond donors (Lipinski definition) is 0. The molecule has 9 nitrogen and oxygen atoms in total. The molecule has 1 aliphatic rings. The monoisotopic (exact) mass is 424 g/mol. The van der Waals surface area contributed by atoms with Gasteiger partial charge in [-0.15, -0.1) is 5.10 Å². The van der Waals surface area contributed by atoms with Gasteiger partial charge < -0.3 is 14.0 Å². The third kappa shape index (κ3) is 3.42. The molecule has 4 heterocycles. The van der Waals surface area contributed by atoms with Crippen molar-refractivity contribution in [1.29, 1.82) is 0 Å². The molecule has 5 rings (SSSR count). The molecule has 1 atom stereocenters. The van der Waals surface area contributed by atoms with Crippen molar-refractivity contribution in [3.05, 3.63) is 59.0 Å². The van der Waals surface area contributed by atoms with E-state index in [1.807, 2.05) is 37.3 Å². The van der Waals surface area contributed by atoms with Gasteiger partial charge in [-0.25, -0.2) is 4.68 Å². The van der Waals surface area contributed by atoms with E-state index in [0.717, 1.165) is 16.8 Å². The molecule has 0 spiro atoms. The second-order valence-electron chi connectivity index (χ2n) is 6.65. The summed E-state index contributed by atoms with van der Waals surface area (Å²) in [4.78, 5) is 8.50. The molecule has 0 amide bonds. The Labute approximate surface area is 176 Å². The van der Waals surface area contributed by atoms with E-state index in [4.69, 9.17) is 25.6 Å². The summed E-state index contributed by atoms with van der Waals surface area (Å²) in [6.07, 6.45) is 3.16. The van der Waals surface area contributed by atoms with Gasteiger partial charge in [0.25, 0.3) is 5.89 Å². The van der Waals surface area contributed by atoms with Crippen LogP contribution >= 0.6 is 11.6 Å². The minimum atomic E-state index is -0.200. The summed E-state index contributed by atoms with van der Waals surface area (Å²) < 4.78 is 18.7. The van der Waals surface area contributed by atoms with Crippen LogP contribution in [-0.2, 0) is 17.9 Å². The highest BCUT2D eigenvalue weighted by Crippen LogP contribution is 2.34. The normalized spacial score (nSPS) is 15.7. The third-order valence-corrected chi connectivity index (χ3v) is 5.07. The zero-order valence-corrected chi connectivity index (χ0v) is 16.8. The Bertz CT molecular complexity index is 1180. The Kier molecular flexibility index (Phi) is 4.89. The first-order valence-corrected chi connectivity index (χ1v) is 9.81. The van der Waals surface area contributed by atoms with Crippen molar-refractivity contribution in [2.75, 3.05) is 6.61 Å². The van der Waals surface area contributed by atoms with Crippen LogP contribution in [0.25, 0.3) is 23.0 Å². The minimum Gasteiger partial charge on any atom is -0.492 e. The molecule has 1 aromatic carbocycles. The molecule has 30 heavy (non-hydrogen) atoms. The molecule has 0 aliphatic carbocycles. The lowest BCUT2D eigenvalue weighted by atomic mass is 10.1. The maximum Gasteiger partial charge on any atom is 0.280 e. The van der Waals surface area contributed by atoms with Crippen molar-refractivity contribution in [3.8, 4) is 28.7 Å². The highest BCUT2D eigenvalue weighted by molar-refractivity contribution is 6.32. The SMILES string of the molecule is CCOc1ccc([C@@H]2Cn3nnc(-c4nc(-c5cccnc5)no4)c3CO2)cc1Cl. The van der Waals surface area contributed by atoms with Crippen LogP contribution in [0.1, 0.15) is 24.3 Å². The van der Waals surface area contributed by atoms with E-state index in [2.05, 4.69) is 25.4 Å². The second-order valence-corrected chi connectivity index (χ2v) is 7.06. The van der Waals surface area contributed by atoms with Gasteiger partial charge in [-0.05, 0) is 36.8 Å². The lowest BCUT2D eigenvalue weighted by molar-refractivity contribution is -0.00119. The Balaban J connectivity index is 1.38. The van der Waals surface area contributed by atoms with E-state index in [9.17, 15) is 0 Å². The third-order valence-electron chi connectivity index (χ3n) is 4.77. The topological polar surface area (TPSA) is 101 Å². The summed E-state index contributed by atoms with van der Waals surface area (Å²) in [6, 6.07) is 9.33. The van der Waals surface area contributed by atoms with Gasteiger partial charge in [0.2, 0.25) is 5.82 Å². The predicted molar refractivity (Wildman–Crippen MR) is 107 cm³/mol. The van der Waals surface area contributed by atoms with Gasteiger partial charge in [0.1, 0.15) is 11.9 Å².